The smallest absolute Gasteiger partial charge is 0.241 e. The lowest BCUT2D eigenvalue weighted by Crippen LogP contribution is -2.48. The summed E-state index contributed by atoms with van der Waals surface area (Å²) < 4.78 is 0. The average molecular weight is 274 g/mol. The molecule has 1 amide bonds. The molecule has 0 spiro atoms. The zero-order valence-electron chi connectivity index (χ0n) is 9.41. The maximum atomic E-state index is 11.6. The van der Waals surface area contributed by atoms with Crippen LogP contribution in [0.2, 0.25) is 10.0 Å². The zero-order valence-corrected chi connectivity index (χ0v) is 10.9. The van der Waals surface area contributed by atoms with Crippen molar-refractivity contribution in [3.05, 3.63) is 22.2 Å². The van der Waals surface area contributed by atoms with E-state index in [2.05, 4.69) is 0 Å². The molecule has 92 valence electrons. The summed E-state index contributed by atoms with van der Waals surface area (Å²) in [5.41, 5.74) is 6.85. The minimum atomic E-state index is 0.0557. The molecule has 2 N–H and O–H groups in total. The summed E-state index contributed by atoms with van der Waals surface area (Å²) in [6, 6.07) is 3.29. The highest BCUT2D eigenvalue weighted by Gasteiger charge is 2.24. The van der Waals surface area contributed by atoms with Crippen molar-refractivity contribution in [1.82, 2.24) is 4.90 Å². The number of carbonyl (C=O) groups excluding carboxylic acids is 1. The number of piperazine rings is 1. The quantitative estimate of drug-likeness (QED) is 0.795. The first-order chi connectivity index (χ1) is 7.99. The molecule has 1 aromatic rings. The van der Waals surface area contributed by atoms with Gasteiger partial charge in [-0.05, 0) is 12.1 Å². The zero-order chi connectivity index (χ0) is 12.6. The Bertz CT molecular complexity index is 441. The molecule has 0 saturated carbocycles. The molecular formula is C11H13Cl2N3O. The molecule has 0 unspecified atom stereocenters. The summed E-state index contributed by atoms with van der Waals surface area (Å²) in [5, 5.41) is 0.958. The van der Waals surface area contributed by atoms with E-state index in [9.17, 15) is 4.79 Å². The average Bonchev–Trinajstić information content (AvgIpc) is 2.21. The number of nitrogens with two attached hydrogens (primary N) is 1. The van der Waals surface area contributed by atoms with E-state index in [0.29, 0.717) is 41.1 Å². The predicted octanol–water partition coefficient (Wildman–Crippen LogP) is 1.85. The first-order valence-corrected chi connectivity index (χ1v) is 5.98. The highest BCUT2D eigenvalue weighted by molar-refractivity contribution is 6.39. The molecule has 0 aliphatic carbocycles. The second kappa shape index (κ2) is 4.63. The van der Waals surface area contributed by atoms with E-state index in [-0.39, 0.29) is 5.91 Å². The van der Waals surface area contributed by atoms with Crippen LogP contribution in [0.4, 0.5) is 11.4 Å². The van der Waals surface area contributed by atoms with Gasteiger partial charge < -0.3 is 15.5 Å². The van der Waals surface area contributed by atoms with Crippen LogP contribution in [-0.4, -0.2) is 37.5 Å². The van der Waals surface area contributed by atoms with Gasteiger partial charge in [0.15, 0.2) is 0 Å². The SMILES string of the molecule is CN1CCN(c2c(Cl)cc(N)cc2Cl)CC1=O. The third kappa shape index (κ3) is 2.42. The van der Waals surface area contributed by atoms with Gasteiger partial charge in [0, 0.05) is 25.8 Å². The molecule has 6 heteroatoms. The molecule has 0 aromatic heterocycles. The van der Waals surface area contributed by atoms with Crippen LogP contribution < -0.4 is 10.6 Å². The van der Waals surface area contributed by atoms with Gasteiger partial charge in [-0.15, -0.1) is 0 Å². The highest BCUT2D eigenvalue weighted by atomic mass is 35.5. The van der Waals surface area contributed by atoms with Gasteiger partial charge in [-0.25, -0.2) is 0 Å². The fourth-order valence-electron chi connectivity index (χ4n) is 1.84. The molecule has 1 fully saturated rings. The van der Waals surface area contributed by atoms with Crippen LogP contribution in [0.1, 0.15) is 0 Å². The molecule has 0 radical (unpaired) electrons. The summed E-state index contributed by atoms with van der Waals surface area (Å²) in [5.74, 6) is 0.0557. The number of anilines is 2. The number of carbonyl (C=O) groups is 1. The number of nitrogen functional groups attached to an aromatic ring is 1. The van der Waals surface area contributed by atoms with Crippen LogP contribution in [0.25, 0.3) is 0 Å². The molecule has 1 aliphatic rings. The Kier molecular flexibility index (Phi) is 3.35. The van der Waals surface area contributed by atoms with E-state index in [1.54, 1.807) is 24.1 Å². The van der Waals surface area contributed by atoms with Gasteiger partial charge in [-0.2, -0.15) is 0 Å². The Labute approximate surface area is 110 Å². The van der Waals surface area contributed by atoms with E-state index in [1.165, 1.54) is 0 Å². The number of nitrogens with zero attached hydrogens (tertiary/aromatic N) is 2. The third-order valence-corrected chi connectivity index (χ3v) is 3.39. The van der Waals surface area contributed by atoms with Crippen LogP contribution in [0.5, 0.6) is 0 Å². The van der Waals surface area contributed by atoms with Gasteiger partial charge in [-0.3, -0.25) is 4.79 Å². The Morgan fingerprint density at radius 2 is 1.82 bits per heavy atom. The van der Waals surface area contributed by atoms with E-state index in [4.69, 9.17) is 28.9 Å². The summed E-state index contributed by atoms with van der Waals surface area (Å²) in [6.07, 6.45) is 0. The van der Waals surface area contributed by atoms with Crippen molar-refractivity contribution in [2.24, 2.45) is 0 Å². The van der Waals surface area contributed by atoms with Gasteiger partial charge >= 0.3 is 0 Å². The van der Waals surface area contributed by atoms with Crippen LogP contribution in [-0.2, 0) is 4.79 Å². The van der Waals surface area contributed by atoms with Gasteiger partial charge in [-0.1, -0.05) is 23.2 Å². The first-order valence-electron chi connectivity index (χ1n) is 5.22. The Hall–Kier alpha value is -1.13. The van der Waals surface area contributed by atoms with Crippen molar-refractivity contribution < 1.29 is 4.79 Å². The molecule has 1 saturated heterocycles. The van der Waals surface area contributed by atoms with Gasteiger partial charge in [0.25, 0.3) is 0 Å². The molecule has 1 aliphatic heterocycles. The third-order valence-electron chi connectivity index (χ3n) is 2.81. The standard InChI is InChI=1S/C11H13Cl2N3O/c1-15-2-3-16(6-10(15)17)11-8(12)4-7(14)5-9(11)13/h4-5H,2-3,6,14H2,1H3. The second-order valence-electron chi connectivity index (χ2n) is 4.07. The lowest BCUT2D eigenvalue weighted by molar-refractivity contribution is -0.129. The van der Waals surface area contributed by atoms with Crippen molar-refractivity contribution in [2.75, 3.05) is 37.3 Å². The molecular weight excluding hydrogens is 261 g/mol. The van der Waals surface area contributed by atoms with Crippen molar-refractivity contribution in [2.45, 2.75) is 0 Å². The highest BCUT2D eigenvalue weighted by Crippen LogP contribution is 2.36. The number of hydrogen-bond acceptors (Lipinski definition) is 3. The minimum absolute atomic E-state index is 0.0557. The fraction of sp³-hybridized carbons (Fsp3) is 0.364. The molecule has 1 aromatic carbocycles. The molecule has 2 rings (SSSR count). The van der Waals surface area contributed by atoms with Crippen LogP contribution in [0.3, 0.4) is 0 Å². The van der Waals surface area contributed by atoms with Gasteiger partial charge in [0.05, 0.1) is 22.3 Å². The lowest BCUT2D eigenvalue weighted by atomic mass is 10.2. The minimum Gasteiger partial charge on any atom is -0.399 e. The molecule has 0 atom stereocenters. The van der Waals surface area contributed by atoms with Crippen molar-refractivity contribution in [1.29, 1.82) is 0 Å². The fourth-order valence-corrected chi connectivity index (χ4v) is 2.58. The Morgan fingerprint density at radius 1 is 1.24 bits per heavy atom. The summed E-state index contributed by atoms with van der Waals surface area (Å²) in [6.45, 7) is 1.67. The summed E-state index contributed by atoms with van der Waals surface area (Å²) in [4.78, 5) is 15.2. The summed E-state index contributed by atoms with van der Waals surface area (Å²) in [7, 11) is 1.78. The lowest BCUT2D eigenvalue weighted by Gasteiger charge is -2.34. The number of halogens is 2. The number of amides is 1. The monoisotopic (exact) mass is 273 g/mol. The number of likely N-dealkylation sites (N-methyl/N-ethyl adjacent to an activating group) is 1. The maximum Gasteiger partial charge on any atom is 0.241 e. The Morgan fingerprint density at radius 3 is 2.35 bits per heavy atom. The van der Waals surface area contributed by atoms with Crippen molar-refractivity contribution >= 4 is 40.5 Å². The van der Waals surface area contributed by atoms with Crippen LogP contribution in [0.15, 0.2) is 12.1 Å². The van der Waals surface area contributed by atoms with Crippen LogP contribution in [0, 0.1) is 0 Å². The van der Waals surface area contributed by atoms with E-state index in [0.717, 1.165) is 0 Å². The molecule has 17 heavy (non-hydrogen) atoms. The molecule has 0 bridgehead atoms. The molecule has 4 nitrogen and oxygen atoms in total. The van der Waals surface area contributed by atoms with Crippen LogP contribution >= 0.6 is 23.2 Å². The largest absolute Gasteiger partial charge is 0.399 e. The predicted molar refractivity (Wildman–Crippen MR) is 70.7 cm³/mol. The van der Waals surface area contributed by atoms with Crippen molar-refractivity contribution in [3.63, 3.8) is 0 Å². The van der Waals surface area contributed by atoms with E-state index < -0.39 is 0 Å². The Balaban J connectivity index is 2.32. The topological polar surface area (TPSA) is 49.6 Å². The van der Waals surface area contributed by atoms with Gasteiger partial charge in [0.1, 0.15) is 0 Å². The number of rotatable bonds is 1. The normalized spacial score (nSPS) is 16.5. The number of benzene rings is 1. The van der Waals surface area contributed by atoms with E-state index in [1.807, 2.05) is 4.90 Å². The first kappa shape index (κ1) is 12.3. The summed E-state index contributed by atoms with van der Waals surface area (Å²) >= 11 is 12.2. The van der Waals surface area contributed by atoms with E-state index >= 15 is 0 Å². The number of hydrogen-bond donors (Lipinski definition) is 1. The second-order valence-corrected chi connectivity index (χ2v) is 4.88. The molecule has 1 heterocycles. The maximum absolute atomic E-state index is 11.6. The van der Waals surface area contributed by atoms with Gasteiger partial charge in [0.2, 0.25) is 5.91 Å². The van der Waals surface area contributed by atoms with Crippen molar-refractivity contribution in [3.8, 4) is 0 Å².